The summed E-state index contributed by atoms with van der Waals surface area (Å²) in [4.78, 5) is 24.7. The second kappa shape index (κ2) is 5.62. The van der Waals surface area contributed by atoms with Gasteiger partial charge in [-0.05, 0) is 12.8 Å². The minimum atomic E-state index is -0.512. The Hall–Kier alpha value is -1.21. The van der Waals surface area contributed by atoms with Gasteiger partial charge in [-0.15, -0.1) is 21.8 Å². The van der Waals surface area contributed by atoms with Crippen LogP contribution in [-0.2, 0) is 9.53 Å². The van der Waals surface area contributed by atoms with E-state index in [-0.39, 0.29) is 23.4 Å². The van der Waals surface area contributed by atoms with Crippen molar-refractivity contribution in [1.29, 1.82) is 0 Å². The van der Waals surface area contributed by atoms with Crippen LogP contribution < -0.4 is 4.90 Å². The third-order valence-electron chi connectivity index (χ3n) is 2.52. The van der Waals surface area contributed by atoms with Crippen molar-refractivity contribution in [3.05, 3.63) is 5.01 Å². The number of anilines is 1. The lowest BCUT2D eigenvalue weighted by molar-refractivity contribution is -0.117. The molecule has 1 unspecified atom stereocenters. The summed E-state index contributed by atoms with van der Waals surface area (Å²) in [7, 11) is 0. The van der Waals surface area contributed by atoms with Crippen molar-refractivity contribution in [2.75, 3.05) is 23.9 Å². The number of ether oxygens (including phenoxy) is 1. The van der Waals surface area contributed by atoms with Gasteiger partial charge in [-0.25, -0.2) is 4.79 Å². The first-order chi connectivity index (χ1) is 8.65. The maximum atomic E-state index is 11.7. The van der Waals surface area contributed by atoms with E-state index in [0.717, 1.165) is 11.3 Å². The van der Waals surface area contributed by atoms with Crippen LogP contribution in [0, 0.1) is 5.92 Å². The number of amides is 1. The number of nitrogens with zero attached hydrogens (tertiary/aromatic N) is 3. The molecule has 0 bridgehead atoms. The lowest BCUT2D eigenvalue weighted by Crippen LogP contribution is -2.24. The van der Waals surface area contributed by atoms with E-state index in [0.29, 0.717) is 24.0 Å². The topological polar surface area (TPSA) is 72.4 Å². The van der Waals surface area contributed by atoms with Crippen LogP contribution in [0.1, 0.15) is 23.1 Å². The zero-order valence-corrected chi connectivity index (χ0v) is 11.3. The highest BCUT2D eigenvalue weighted by atomic mass is 35.5. The van der Waals surface area contributed by atoms with Gasteiger partial charge in [0.15, 0.2) is 0 Å². The molecule has 0 aliphatic carbocycles. The highest BCUT2D eigenvalue weighted by Crippen LogP contribution is 2.28. The van der Waals surface area contributed by atoms with Gasteiger partial charge in [0, 0.05) is 18.8 Å². The largest absolute Gasteiger partial charge is 0.461 e. The summed E-state index contributed by atoms with van der Waals surface area (Å²) in [5, 5.41) is 8.17. The molecule has 0 aromatic carbocycles. The van der Waals surface area contributed by atoms with Crippen LogP contribution in [0.2, 0.25) is 0 Å². The number of hydrogen-bond acceptors (Lipinski definition) is 6. The Morgan fingerprint density at radius 2 is 2.39 bits per heavy atom. The lowest BCUT2D eigenvalue weighted by Gasteiger charge is -2.10. The summed E-state index contributed by atoms with van der Waals surface area (Å²) in [6.07, 6.45) is 0.415. The summed E-state index contributed by atoms with van der Waals surface area (Å²) in [5.74, 6) is 0.0225. The maximum absolute atomic E-state index is 11.7. The van der Waals surface area contributed by atoms with Gasteiger partial charge in [-0.1, -0.05) is 11.3 Å². The Kier molecular flexibility index (Phi) is 4.13. The Morgan fingerprint density at radius 1 is 1.61 bits per heavy atom. The lowest BCUT2D eigenvalue weighted by atomic mass is 10.2. The number of carbonyl (C=O) groups is 2. The van der Waals surface area contributed by atoms with Crippen molar-refractivity contribution in [1.82, 2.24) is 10.2 Å². The summed E-state index contributed by atoms with van der Waals surface area (Å²) < 4.78 is 4.82. The quantitative estimate of drug-likeness (QED) is 0.617. The van der Waals surface area contributed by atoms with Gasteiger partial charge in [-0.3, -0.25) is 9.69 Å². The van der Waals surface area contributed by atoms with Crippen LogP contribution in [0.4, 0.5) is 5.13 Å². The fourth-order valence-electron chi connectivity index (χ4n) is 1.67. The highest BCUT2D eigenvalue weighted by Gasteiger charge is 2.32. The fourth-order valence-corrected chi connectivity index (χ4v) is 2.64. The summed E-state index contributed by atoms with van der Waals surface area (Å²) in [6.45, 7) is 2.53. The molecule has 2 rings (SSSR count). The van der Waals surface area contributed by atoms with E-state index in [2.05, 4.69) is 10.2 Å². The van der Waals surface area contributed by atoms with Crippen LogP contribution in [0.15, 0.2) is 0 Å². The molecule has 18 heavy (non-hydrogen) atoms. The Bertz CT molecular complexity index is 465. The zero-order valence-electron chi connectivity index (χ0n) is 9.76. The Balaban J connectivity index is 2.11. The SMILES string of the molecule is CCOC(=O)c1nnc(N2CC(CCl)CC2=O)s1. The first-order valence-electron chi connectivity index (χ1n) is 5.52. The molecule has 1 aromatic heterocycles. The van der Waals surface area contributed by atoms with E-state index >= 15 is 0 Å². The average Bonchev–Trinajstić information content (AvgIpc) is 2.95. The molecule has 1 fully saturated rings. The number of esters is 1. The van der Waals surface area contributed by atoms with Crippen LogP contribution in [-0.4, -0.2) is 41.1 Å². The predicted octanol–water partition coefficient (Wildman–Crippen LogP) is 1.31. The number of alkyl halides is 1. The Morgan fingerprint density at radius 3 is 3.00 bits per heavy atom. The third-order valence-corrected chi connectivity index (χ3v) is 3.88. The number of aromatic nitrogens is 2. The van der Waals surface area contributed by atoms with Gasteiger partial charge in [0.1, 0.15) is 0 Å². The van der Waals surface area contributed by atoms with E-state index in [9.17, 15) is 9.59 Å². The van der Waals surface area contributed by atoms with E-state index < -0.39 is 5.97 Å². The minimum absolute atomic E-state index is 0.0350. The summed E-state index contributed by atoms with van der Waals surface area (Å²) >= 11 is 6.80. The molecule has 2 heterocycles. The van der Waals surface area contributed by atoms with Gasteiger partial charge < -0.3 is 4.74 Å². The van der Waals surface area contributed by atoms with Crippen molar-refractivity contribution in [3.8, 4) is 0 Å². The molecule has 0 radical (unpaired) electrons. The van der Waals surface area contributed by atoms with E-state index in [1.165, 1.54) is 4.90 Å². The zero-order chi connectivity index (χ0) is 13.1. The normalized spacial score (nSPS) is 19.3. The number of carbonyl (C=O) groups excluding carboxylic acids is 2. The van der Waals surface area contributed by atoms with Crippen molar-refractivity contribution < 1.29 is 14.3 Å². The summed E-state index contributed by atoms with van der Waals surface area (Å²) in [6, 6.07) is 0. The molecule has 0 saturated carbocycles. The van der Waals surface area contributed by atoms with Crippen molar-refractivity contribution in [2.45, 2.75) is 13.3 Å². The standard InChI is InChI=1S/C10H12ClN3O3S/c1-2-17-9(16)8-12-13-10(18-8)14-5-6(4-11)3-7(14)15/h6H,2-5H2,1H3. The summed E-state index contributed by atoms with van der Waals surface area (Å²) in [5.41, 5.74) is 0. The second-order valence-corrected chi connectivity index (χ2v) is 5.10. The van der Waals surface area contributed by atoms with Crippen molar-refractivity contribution in [3.63, 3.8) is 0 Å². The van der Waals surface area contributed by atoms with E-state index in [4.69, 9.17) is 16.3 Å². The third kappa shape index (κ3) is 2.62. The van der Waals surface area contributed by atoms with Crippen LogP contribution in [0.25, 0.3) is 0 Å². The van der Waals surface area contributed by atoms with Gasteiger partial charge in [0.2, 0.25) is 16.0 Å². The molecule has 1 aliphatic rings. The molecule has 1 saturated heterocycles. The van der Waals surface area contributed by atoms with Crippen molar-refractivity contribution >= 4 is 39.9 Å². The number of hydrogen-bond donors (Lipinski definition) is 0. The molecule has 1 aromatic rings. The van der Waals surface area contributed by atoms with Gasteiger partial charge in [0.25, 0.3) is 0 Å². The monoisotopic (exact) mass is 289 g/mol. The first kappa shape index (κ1) is 13.2. The molecule has 8 heteroatoms. The average molecular weight is 290 g/mol. The molecular formula is C10H12ClN3O3S. The molecular weight excluding hydrogens is 278 g/mol. The molecule has 1 amide bonds. The molecule has 98 valence electrons. The minimum Gasteiger partial charge on any atom is -0.461 e. The van der Waals surface area contributed by atoms with Crippen molar-refractivity contribution in [2.24, 2.45) is 5.92 Å². The molecule has 6 nitrogen and oxygen atoms in total. The van der Waals surface area contributed by atoms with Gasteiger partial charge >= 0.3 is 5.97 Å². The second-order valence-electron chi connectivity index (χ2n) is 3.84. The number of halogens is 1. The molecule has 0 N–H and O–H groups in total. The van der Waals surface area contributed by atoms with Crippen LogP contribution in [0.3, 0.4) is 0 Å². The smallest absolute Gasteiger partial charge is 0.369 e. The Labute approximate surface area is 113 Å². The van der Waals surface area contributed by atoms with Gasteiger partial charge in [0.05, 0.1) is 6.61 Å². The highest BCUT2D eigenvalue weighted by molar-refractivity contribution is 7.17. The maximum Gasteiger partial charge on any atom is 0.369 e. The van der Waals surface area contributed by atoms with Gasteiger partial charge in [-0.2, -0.15) is 0 Å². The van der Waals surface area contributed by atoms with Crippen LogP contribution >= 0.6 is 22.9 Å². The molecule has 1 atom stereocenters. The fraction of sp³-hybridized carbons (Fsp3) is 0.600. The predicted molar refractivity (Wildman–Crippen MR) is 67.0 cm³/mol. The van der Waals surface area contributed by atoms with Crippen LogP contribution in [0.5, 0.6) is 0 Å². The van der Waals surface area contributed by atoms with E-state index in [1.54, 1.807) is 6.92 Å². The van der Waals surface area contributed by atoms with E-state index in [1.807, 2.05) is 0 Å². The molecule has 1 aliphatic heterocycles. The number of rotatable bonds is 4. The first-order valence-corrected chi connectivity index (χ1v) is 6.87. The molecule has 0 spiro atoms.